The number of carbonyl (C=O) groups is 2. The Morgan fingerprint density at radius 2 is 1.77 bits per heavy atom. The molecule has 2 heterocycles. The molecular weight excluding hydrogens is 477 g/mol. The van der Waals surface area contributed by atoms with E-state index in [1.54, 1.807) is 32.9 Å². The first-order chi connectivity index (χ1) is 16.1. The van der Waals surface area contributed by atoms with Crippen molar-refractivity contribution in [1.29, 1.82) is 0 Å². The molecule has 1 fully saturated rings. The lowest BCUT2D eigenvalue weighted by Crippen LogP contribution is -2.47. The Kier molecular flexibility index (Phi) is 7.23. The largest absolute Gasteiger partial charge is 0.573 e. The van der Waals surface area contributed by atoms with Crippen molar-refractivity contribution in [2.75, 3.05) is 6.54 Å². The van der Waals surface area contributed by atoms with E-state index in [9.17, 15) is 31.5 Å². The van der Waals surface area contributed by atoms with Gasteiger partial charge in [0.25, 0.3) is 5.92 Å². The minimum absolute atomic E-state index is 0.119. The van der Waals surface area contributed by atoms with Gasteiger partial charge in [-0.25, -0.2) is 13.6 Å². The smallest absolute Gasteiger partial charge is 0.444 e. The summed E-state index contributed by atoms with van der Waals surface area (Å²) in [4.78, 5) is 29.8. The molecule has 7 nitrogen and oxygen atoms in total. The molecule has 0 saturated carbocycles. The highest BCUT2D eigenvalue weighted by Gasteiger charge is 2.51. The van der Waals surface area contributed by atoms with Gasteiger partial charge in [-0.1, -0.05) is 12.1 Å². The van der Waals surface area contributed by atoms with Gasteiger partial charge in [0.05, 0.1) is 18.8 Å². The number of pyridine rings is 1. The summed E-state index contributed by atoms with van der Waals surface area (Å²) in [6.45, 7) is 3.71. The van der Waals surface area contributed by atoms with E-state index in [2.05, 4.69) is 15.0 Å². The van der Waals surface area contributed by atoms with E-state index in [4.69, 9.17) is 4.74 Å². The van der Waals surface area contributed by atoms with Gasteiger partial charge in [0, 0.05) is 12.6 Å². The lowest BCUT2D eigenvalue weighted by atomic mass is 10.1. The second-order valence-electron chi connectivity index (χ2n) is 9.01. The van der Waals surface area contributed by atoms with Crippen LogP contribution in [0.25, 0.3) is 11.1 Å². The molecule has 0 spiro atoms. The maximum Gasteiger partial charge on any atom is 0.573 e. The fourth-order valence-electron chi connectivity index (χ4n) is 3.46. The van der Waals surface area contributed by atoms with Crippen LogP contribution in [-0.2, 0) is 16.1 Å². The summed E-state index contributed by atoms with van der Waals surface area (Å²) in [5.74, 6) is -4.39. The van der Waals surface area contributed by atoms with Gasteiger partial charge >= 0.3 is 12.5 Å². The minimum Gasteiger partial charge on any atom is -0.444 e. The summed E-state index contributed by atoms with van der Waals surface area (Å²) in [5.41, 5.74) is 0.629. The van der Waals surface area contributed by atoms with Gasteiger partial charge in [0.1, 0.15) is 17.4 Å². The normalized spacial score (nSPS) is 17.7. The fourth-order valence-corrected chi connectivity index (χ4v) is 3.46. The molecule has 0 bridgehead atoms. The van der Waals surface area contributed by atoms with Crippen LogP contribution in [0.15, 0.2) is 42.6 Å². The Labute approximate surface area is 198 Å². The number of likely N-dealkylation sites (tertiary alicyclic amines) is 1. The number of nitrogens with one attached hydrogen (secondary N) is 1. The van der Waals surface area contributed by atoms with Gasteiger partial charge in [-0.3, -0.25) is 14.7 Å². The first-order valence-electron chi connectivity index (χ1n) is 10.6. The molecular formula is C23H24F5N3O4. The van der Waals surface area contributed by atoms with Crippen molar-refractivity contribution in [2.45, 2.75) is 57.7 Å². The number of hydrogen-bond acceptors (Lipinski definition) is 5. The molecule has 2 aromatic rings. The van der Waals surface area contributed by atoms with E-state index in [0.717, 1.165) is 17.0 Å². The zero-order valence-electron chi connectivity index (χ0n) is 19.2. The van der Waals surface area contributed by atoms with Crippen molar-refractivity contribution in [2.24, 2.45) is 0 Å². The van der Waals surface area contributed by atoms with Crippen molar-refractivity contribution >= 4 is 12.0 Å². The lowest BCUT2D eigenvalue weighted by Gasteiger charge is -2.27. The Balaban J connectivity index is 1.66. The van der Waals surface area contributed by atoms with Gasteiger partial charge in [-0.2, -0.15) is 0 Å². The van der Waals surface area contributed by atoms with Gasteiger partial charge in [-0.15, -0.1) is 13.2 Å². The third-order valence-corrected chi connectivity index (χ3v) is 4.88. The quantitative estimate of drug-likeness (QED) is 0.589. The predicted octanol–water partition coefficient (Wildman–Crippen LogP) is 4.91. The number of ether oxygens (including phenoxy) is 2. The maximum absolute atomic E-state index is 14.0. The molecule has 190 valence electrons. The van der Waals surface area contributed by atoms with Crippen LogP contribution in [0.4, 0.5) is 26.7 Å². The molecule has 1 aliphatic heterocycles. The summed E-state index contributed by atoms with van der Waals surface area (Å²) in [5, 5.41) is 2.51. The zero-order valence-corrected chi connectivity index (χ0v) is 19.2. The highest BCUT2D eigenvalue weighted by atomic mass is 19.4. The molecule has 0 radical (unpaired) electrons. The van der Waals surface area contributed by atoms with Crippen LogP contribution < -0.4 is 10.1 Å². The van der Waals surface area contributed by atoms with E-state index in [-0.39, 0.29) is 12.3 Å². The molecule has 1 aliphatic rings. The summed E-state index contributed by atoms with van der Waals surface area (Å²) in [6, 6.07) is 6.98. The molecule has 12 heteroatoms. The molecule has 1 atom stereocenters. The SMILES string of the molecule is CC(C)(C)OC(=O)N1CC(F)(F)CC1C(=O)NCc1cc(-c2ccc(OC(F)(F)F)cc2)ccn1. The van der Waals surface area contributed by atoms with E-state index >= 15 is 0 Å². The number of halogens is 5. The summed E-state index contributed by atoms with van der Waals surface area (Å²) in [6.07, 6.45) is -5.20. The van der Waals surface area contributed by atoms with Crippen LogP contribution >= 0.6 is 0 Å². The van der Waals surface area contributed by atoms with Gasteiger partial charge in [0.2, 0.25) is 5.91 Å². The molecule has 1 saturated heterocycles. The number of amides is 2. The van der Waals surface area contributed by atoms with E-state index in [1.807, 2.05) is 0 Å². The number of hydrogen-bond donors (Lipinski definition) is 1. The van der Waals surface area contributed by atoms with E-state index in [1.165, 1.54) is 18.3 Å². The number of carbonyl (C=O) groups excluding carboxylic acids is 2. The lowest BCUT2D eigenvalue weighted by molar-refractivity contribution is -0.274. The Morgan fingerprint density at radius 3 is 2.37 bits per heavy atom. The minimum atomic E-state index is -4.80. The highest BCUT2D eigenvalue weighted by Crippen LogP contribution is 2.33. The number of rotatable bonds is 5. The third-order valence-electron chi connectivity index (χ3n) is 4.88. The van der Waals surface area contributed by atoms with Crippen molar-refractivity contribution in [3.63, 3.8) is 0 Å². The third kappa shape index (κ3) is 7.52. The molecule has 2 amide bonds. The van der Waals surface area contributed by atoms with Gasteiger partial charge < -0.3 is 14.8 Å². The standard InChI is InChI=1S/C23H24F5N3O4/c1-21(2,3)35-20(33)31-13-22(24,25)11-18(31)19(32)30-12-16-10-15(8-9-29-16)14-4-6-17(7-5-14)34-23(26,27)28/h4-10,18H,11-13H2,1-3H3,(H,30,32). The second-order valence-corrected chi connectivity index (χ2v) is 9.01. The van der Waals surface area contributed by atoms with Crippen LogP contribution in [0, 0.1) is 0 Å². The molecule has 35 heavy (non-hydrogen) atoms. The number of nitrogens with zero attached hydrogens (tertiary/aromatic N) is 2. The van der Waals surface area contributed by atoms with Crippen LogP contribution in [0.3, 0.4) is 0 Å². The number of alkyl halides is 5. The number of aromatic nitrogens is 1. The van der Waals surface area contributed by atoms with Crippen molar-refractivity contribution < 1.29 is 41.0 Å². The molecule has 3 rings (SSSR count). The second kappa shape index (κ2) is 9.67. The van der Waals surface area contributed by atoms with Gasteiger partial charge in [0.15, 0.2) is 0 Å². The Morgan fingerprint density at radius 1 is 1.11 bits per heavy atom. The zero-order chi connectivity index (χ0) is 26.0. The number of benzene rings is 1. The van der Waals surface area contributed by atoms with Crippen LogP contribution in [-0.4, -0.2) is 52.4 Å². The molecule has 1 N–H and O–H groups in total. The fraction of sp³-hybridized carbons (Fsp3) is 0.435. The predicted molar refractivity (Wildman–Crippen MR) is 114 cm³/mol. The van der Waals surface area contributed by atoms with E-state index in [0.29, 0.717) is 16.8 Å². The topological polar surface area (TPSA) is 80.8 Å². The Hall–Kier alpha value is -3.44. The first kappa shape index (κ1) is 26.2. The highest BCUT2D eigenvalue weighted by molar-refractivity contribution is 5.86. The summed E-state index contributed by atoms with van der Waals surface area (Å²) < 4.78 is 74.0. The van der Waals surface area contributed by atoms with Gasteiger partial charge in [-0.05, 0) is 56.2 Å². The average molecular weight is 501 g/mol. The first-order valence-corrected chi connectivity index (χ1v) is 10.6. The van der Waals surface area contributed by atoms with Crippen LogP contribution in [0.2, 0.25) is 0 Å². The molecule has 0 aliphatic carbocycles. The van der Waals surface area contributed by atoms with Crippen molar-refractivity contribution in [3.05, 3.63) is 48.3 Å². The average Bonchev–Trinajstić information content (AvgIpc) is 3.06. The van der Waals surface area contributed by atoms with Crippen molar-refractivity contribution in [3.8, 4) is 16.9 Å². The molecule has 1 aromatic carbocycles. The van der Waals surface area contributed by atoms with Crippen LogP contribution in [0.1, 0.15) is 32.9 Å². The van der Waals surface area contributed by atoms with E-state index < -0.39 is 48.9 Å². The summed E-state index contributed by atoms with van der Waals surface area (Å²) in [7, 11) is 0. The molecule has 1 aromatic heterocycles. The Bertz CT molecular complexity index is 1070. The summed E-state index contributed by atoms with van der Waals surface area (Å²) >= 11 is 0. The van der Waals surface area contributed by atoms with Crippen LogP contribution in [0.5, 0.6) is 5.75 Å². The van der Waals surface area contributed by atoms with Crippen molar-refractivity contribution in [1.82, 2.24) is 15.2 Å². The maximum atomic E-state index is 14.0. The monoisotopic (exact) mass is 501 g/mol. The molecule has 1 unspecified atom stereocenters.